The fourth-order valence-electron chi connectivity index (χ4n) is 2.83. The number of halogens is 2. The fraction of sp³-hybridized carbons (Fsp3) is 0.391. The van der Waals surface area contributed by atoms with Gasteiger partial charge in [0, 0.05) is 12.6 Å². The zero-order valence-corrected chi connectivity index (χ0v) is 18.2. The van der Waals surface area contributed by atoms with Crippen molar-refractivity contribution >= 4 is 12.2 Å². The first-order valence-electron chi connectivity index (χ1n) is 10.1. The molecule has 2 amide bonds. The molecule has 32 heavy (non-hydrogen) atoms. The van der Waals surface area contributed by atoms with Crippen LogP contribution in [0.25, 0.3) is 0 Å². The molecule has 0 heterocycles. The standard InChI is InChI=1S/C23H28F2N2O5/c1-23(2,3)32-22(30)27-19(11-16-9-17(24)12-18(25)10-16)20(28)13-26-21(29)31-14-15-7-5-4-6-8-15/h4-10,12,19-20,28H,11,13-14H2,1-3H3,(H,26,29)(H,27,30)/t19-,20+/m0/s1. The van der Waals surface area contributed by atoms with Crippen molar-refractivity contribution < 1.29 is 33.0 Å². The SMILES string of the molecule is CC(C)(C)OC(=O)N[C@@H](Cc1cc(F)cc(F)c1)[C@H](O)CNC(=O)OCc1ccccc1. The average molecular weight is 450 g/mol. The molecule has 7 nitrogen and oxygen atoms in total. The van der Waals surface area contributed by atoms with E-state index in [9.17, 15) is 23.5 Å². The van der Waals surface area contributed by atoms with E-state index in [4.69, 9.17) is 9.47 Å². The van der Waals surface area contributed by atoms with E-state index >= 15 is 0 Å². The summed E-state index contributed by atoms with van der Waals surface area (Å²) < 4.78 is 37.4. The number of carbonyl (C=O) groups excluding carboxylic acids is 2. The second-order valence-corrected chi connectivity index (χ2v) is 8.24. The molecule has 0 radical (unpaired) electrons. The number of alkyl carbamates (subject to hydrolysis) is 2. The van der Waals surface area contributed by atoms with Gasteiger partial charge in [0.05, 0.1) is 12.1 Å². The Morgan fingerprint density at radius 2 is 1.62 bits per heavy atom. The van der Waals surface area contributed by atoms with Gasteiger partial charge in [-0.05, 0) is 50.5 Å². The summed E-state index contributed by atoms with van der Waals surface area (Å²) in [6, 6.07) is 11.0. The summed E-state index contributed by atoms with van der Waals surface area (Å²) in [4.78, 5) is 24.1. The van der Waals surface area contributed by atoms with Crippen LogP contribution in [0.15, 0.2) is 48.5 Å². The Morgan fingerprint density at radius 3 is 2.22 bits per heavy atom. The Bertz CT molecular complexity index is 883. The molecule has 2 aromatic rings. The number of benzene rings is 2. The van der Waals surface area contributed by atoms with E-state index in [0.717, 1.165) is 23.8 Å². The summed E-state index contributed by atoms with van der Waals surface area (Å²) in [7, 11) is 0. The number of carbonyl (C=O) groups is 2. The number of ether oxygens (including phenoxy) is 2. The molecule has 174 valence electrons. The van der Waals surface area contributed by atoms with Crippen LogP contribution in [-0.4, -0.2) is 41.6 Å². The highest BCUT2D eigenvalue weighted by Gasteiger charge is 2.26. The molecule has 0 aliphatic rings. The third-order valence-electron chi connectivity index (χ3n) is 4.21. The van der Waals surface area contributed by atoms with Crippen molar-refractivity contribution in [1.82, 2.24) is 10.6 Å². The lowest BCUT2D eigenvalue weighted by Crippen LogP contribution is -2.50. The third kappa shape index (κ3) is 9.30. The Balaban J connectivity index is 1.99. The average Bonchev–Trinajstić information content (AvgIpc) is 2.68. The number of aliphatic hydroxyl groups is 1. The Morgan fingerprint density at radius 1 is 1.00 bits per heavy atom. The minimum Gasteiger partial charge on any atom is -0.445 e. The summed E-state index contributed by atoms with van der Waals surface area (Å²) in [5.74, 6) is -1.57. The number of nitrogens with one attached hydrogen (secondary N) is 2. The van der Waals surface area contributed by atoms with E-state index in [1.807, 2.05) is 18.2 Å². The number of hydrogen-bond acceptors (Lipinski definition) is 5. The van der Waals surface area contributed by atoms with Crippen LogP contribution in [0.5, 0.6) is 0 Å². The zero-order chi connectivity index (χ0) is 23.7. The van der Waals surface area contributed by atoms with Gasteiger partial charge in [-0.3, -0.25) is 0 Å². The fourth-order valence-corrected chi connectivity index (χ4v) is 2.83. The van der Waals surface area contributed by atoms with Gasteiger partial charge < -0.3 is 25.2 Å². The summed E-state index contributed by atoms with van der Waals surface area (Å²) in [5.41, 5.74) is 0.222. The molecule has 0 aliphatic carbocycles. The third-order valence-corrected chi connectivity index (χ3v) is 4.21. The maximum Gasteiger partial charge on any atom is 0.407 e. The molecule has 2 rings (SSSR count). The highest BCUT2D eigenvalue weighted by atomic mass is 19.1. The van der Waals surface area contributed by atoms with Crippen LogP contribution in [0, 0.1) is 11.6 Å². The number of amides is 2. The van der Waals surface area contributed by atoms with Crippen LogP contribution < -0.4 is 10.6 Å². The second-order valence-electron chi connectivity index (χ2n) is 8.24. The molecule has 0 unspecified atom stereocenters. The lowest BCUT2D eigenvalue weighted by atomic mass is 10.0. The lowest BCUT2D eigenvalue weighted by molar-refractivity contribution is 0.0421. The highest BCUT2D eigenvalue weighted by Crippen LogP contribution is 2.13. The van der Waals surface area contributed by atoms with Gasteiger partial charge in [0.2, 0.25) is 0 Å². The van der Waals surface area contributed by atoms with Gasteiger partial charge in [-0.2, -0.15) is 0 Å². The van der Waals surface area contributed by atoms with Crippen molar-refractivity contribution in [2.75, 3.05) is 6.54 Å². The quantitative estimate of drug-likeness (QED) is 0.570. The molecule has 0 fully saturated rings. The van der Waals surface area contributed by atoms with Gasteiger partial charge in [-0.25, -0.2) is 18.4 Å². The van der Waals surface area contributed by atoms with Crippen molar-refractivity contribution in [3.8, 4) is 0 Å². The summed E-state index contributed by atoms with van der Waals surface area (Å²) in [5, 5.41) is 15.5. The lowest BCUT2D eigenvalue weighted by Gasteiger charge is -2.27. The molecule has 0 aromatic heterocycles. The van der Waals surface area contributed by atoms with Crippen LogP contribution in [0.3, 0.4) is 0 Å². The molecule has 0 saturated heterocycles. The molecule has 0 spiro atoms. The van der Waals surface area contributed by atoms with E-state index in [1.54, 1.807) is 32.9 Å². The first-order chi connectivity index (χ1) is 15.0. The van der Waals surface area contributed by atoms with Crippen LogP contribution >= 0.6 is 0 Å². The van der Waals surface area contributed by atoms with Crippen molar-refractivity contribution in [3.05, 3.63) is 71.3 Å². The molecule has 0 bridgehead atoms. The largest absolute Gasteiger partial charge is 0.445 e. The van der Waals surface area contributed by atoms with Crippen molar-refractivity contribution in [2.45, 2.75) is 51.5 Å². The maximum absolute atomic E-state index is 13.6. The Kier molecular flexibility index (Phi) is 8.95. The van der Waals surface area contributed by atoms with Crippen molar-refractivity contribution in [1.29, 1.82) is 0 Å². The van der Waals surface area contributed by atoms with E-state index in [2.05, 4.69) is 10.6 Å². The van der Waals surface area contributed by atoms with E-state index in [1.165, 1.54) is 0 Å². The van der Waals surface area contributed by atoms with Crippen molar-refractivity contribution in [2.24, 2.45) is 0 Å². The minimum atomic E-state index is -1.29. The molecular formula is C23H28F2N2O5. The highest BCUT2D eigenvalue weighted by molar-refractivity contribution is 5.68. The topological polar surface area (TPSA) is 96.9 Å². The van der Waals surface area contributed by atoms with Gasteiger partial charge >= 0.3 is 12.2 Å². The minimum absolute atomic E-state index is 0.0466. The summed E-state index contributed by atoms with van der Waals surface area (Å²) in [6.07, 6.45) is -2.97. The predicted molar refractivity (Wildman–Crippen MR) is 114 cm³/mol. The first kappa shape index (κ1) is 25.1. The summed E-state index contributed by atoms with van der Waals surface area (Å²) in [6.45, 7) is 4.79. The normalized spacial score (nSPS) is 13.1. The van der Waals surface area contributed by atoms with E-state index in [-0.39, 0.29) is 25.1 Å². The summed E-state index contributed by atoms with van der Waals surface area (Å²) >= 11 is 0. The van der Waals surface area contributed by atoms with Crippen LogP contribution in [0.1, 0.15) is 31.9 Å². The van der Waals surface area contributed by atoms with Gasteiger partial charge in [-0.1, -0.05) is 30.3 Å². The van der Waals surface area contributed by atoms with Crippen LogP contribution in [-0.2, 0) is 22.5 Å². The van der Waals surface area contributed by atoms with Gasteiger partial charge in [0.25, 0.3) is 0 Å². The van der Waals surface area contributed by atoms with Gasteiger partial charge in [-0.15, -0.1) is 0 Å². The monoisotopic (exact) mass is 450 g/mol. The van der Waals surface area contributed by atoms with Crippen LogP contribution in [0.4, 0.5) is 18.4 Å². The molecule has 9 heteroatoms. The van der Waals surface area contributed by atoms with Gasteiger partial charge in [0.15, 0.2) is 0 Å². The van der Waals surface area contributed by atoms with Crippen molar-refractivity contribution in [3.63, 3.8) is 0 Å². The van der Waals surface area contributed by atoms with E-state index < -0.39 is 41.6 Å². The first-order valence-corrected chi connectivity index (χ1v) is 10.1. The molecular weight excluding hydrogens is 422 g/mol. The smallest absolute Gasteiger partial charge is 0.407 e. The molecule has 0 aliphatic heterocycles. The van der Waals surface area contributed by atoms with Crippen LogP contribution in [0.2, 0.25) is 0 Å². The number of rotatable bonds is 8. The number of hydrogen-bond donors (Lipinski definition) is 3. The zero-order valence-electron chi connectivity index (χ0n) is 18.2. The van der Waals surface area contributed by atoms with E-state index in [0.29, 0.717) is 0 Å². The predicted octanol–water partition coefficient (Wildman–Crippen LogP) is 3.69. The maximum atomic E-state index is 13.6. The molecule has 3 N–H and O–H groups in total. The molecule has 2 atom stereocenters. The molecule has 2 aromatic carbocycles. The van der Waals surface area contributed by atoms with Gasteiger partial charge in [0.1, 0.15) is 23.8 Å². The molecule has 0 saturated carbocycles. The second kappa shape index (κ2) is 11.4. The Hall–Kier alpha value is -3.20. The number of aliphatic hydroxyl groups excluding tert-OH is 1. The Labute approximate surface area is 185 Å².